The highest BCUT2D eigenvalue weighted by Crippen LogP contribution is 2.21. The van der Waals surface area contributed by atoms with E-state index in [1.165, 1.54) is 0 Å². The highest BCUT2D eigenvalue weighted by atomic mass is 32.2. The molecule has 0 bridgehead atoms. The van der Waals surface area contributed by atoms with Crippen LogP contribution in [0.1, 0.15) is 31.2 Å². The Labute approximate surface area is 120 Å². The summed E-state index contributed by atoms with van der Waals surface area (Å²) in [6.45, 7) is 2.44. The molecule has 2 rings (SSSR count). The largest absolute Gasteiger partial charge is 0.355 e. The van der Waals surface area contributed by atoms with Gasteiger partial charge in [-0.1, -0.05) is 37.3 Å². The molecule has 0 unspecified atom stereocenters. The molecule has 1 aliphatic rings. The van der Waals surface area contributed by atoms with Gasteiger partial charge in [-0.2, -0.15) is 0 Å². The molecule has 1 N–H and O–H groups in total. The summed E-state index contributed by atoms with van der Waals surface area (Å²) in [5.41, 5.74) is 1.01. The average molecular weight is 295 g/mol. The van der Waals surface area contributed by atoms with Crippen molar-refractivity contribution in [2.24, 2.45) is 5.92 Å². The summed E-state index contributed by atoms with van der Waals surface area (Å²) >= 11 is 0. The molecule has 0 saturated carbocycles. The van der Waals surface area contributed by atoms with E-state index < -0.39 is 9.84 Å². The Morgan fingerprint density at radius 3 is 2.60 bits per heavy atom. The molecule has 2 atom stereocenters. The minimum Gasteiger partial charge on any atom is -0.355 e. The van der Waals surface area contributed by atoms with Gasteiger partial charge in [0, 0.05) is 6.54 Å². The van der Waals surface area contributed by atoms with E-state index in [0.717, 1.165) is 12.0 Å². The van der Waals surface area contributed by atoms with E-state index in [2.05, 4.69) is 5.32 Å². The monoisotopic (exact) mass is 295 g/mol. The molecule has 4 nitrogen and oxygen atoms in total. The SMILES string of the molecule is CC[C@@H](C(=O)NC[C@H]1CCS(=O)(=O)C1)c1ccccc1. The Balaban J connectivity index is 1.91. The van der Waals surface area contributed by atoms with Gasteiger partial charge in [0.25, 0.3) is 0 Å². The molecule has 1 aromatic carbocycles. The van der Waals surface area contributed by atoms with Crippen LogP contribution < -0.4 is 5.32 Å². The van der Waals surface area contributed by atoms with E-state index >= 15 is 0 Å². The number of amides is 1. The molecule has 1 heterocycles. The Kier molecular flexibility index (Phi) is 4.81. The maximum absolute atomic E-state index is 12.2. The minimum atomic E-state index is -2.87. The van der Waals surface area contributed by atoms with Crippen LogP contribution in [0.25, 0.3) is 0 Å². The first-order valence-corrected chi connectivity index (χ1v) is 8.87. The Morgan fingerprint density at radius 1 is 1.35 bits per heavy atom. The van der Waals surface area contributed by atoms with Gasteiger partial charge in [-0.15, -0.1) is 0 Å². The zero-order valence-electron chi connectivity index (χ0n) is 11.7. The van der Waals surface area contributed by atoms with Crippen molar-refractivity contribution in [3.63, 3.8) is 0 Å². The smallest absolute Gasteiger partial charge is 0.227 e. The molecule has 1 aromatic rings. The van der Waals surface area contributed by atoms with Crippen molar-refractivity contribution in [2.45, 2.75) is 25.7 Å². The first kappa shape index (κ1) is 15.0. The lowest BCUT2D eigenvalue weighted by Crippen LogP contribution is -2.33. The summed E-state index contributed by atoms with van der Waals surface area (Å²) in [6, 6.07) is 9.68. The predicted octanol–water partition coefficient (Wildman–Crippen LogP) is 1.73. The minimum absolute atomic E-state index is 0.0111. The molecule has 0 aliphatic carbocycles. The Hall–Kier alpha value is -1.36. The van der Waals surface area contributed by atoms with Crippen molar-refractivity contribution >= 4 is 15.7 Å². The van der Waals surface area contributed by atoms with Crippen LogP contribution in [0, 0.1) is 5.92 Å². The lowest BCUT2D eigenvalue weighted by atomic mass is 9.95. The van der Waals surface area contributed by atoms with Gasteiger partial charge in [-0.05, 0) is 24.3 Å². The second-order valence-corrected chi connectivity index (χ2v) is 7.61. The van der Waals surface area contributed by atoms with Gasteiger partial charge >= 0.3 is 0 Å². The molecule has 20 heavy (non-hydrogen) atoms. The second-order valence-electron chi connectivity index (χ2n) is 5.39. The molecule has 0 spiro atoms. The number of sulfone groups is 1. The number of nitrogens with one attached hydrogen (secondary N) is 1. The lowest BCUT2D eigenvalue weighted by molar-refractivity contribution is -0.122. The van der Waals surface area contributed by atoms with Crippen LogP contribution in [0.15, 0.2) is 30.3 Å². The Bertz CT molecular complexity index is 554. The standard InChI is InChI=1S/C15H21NO3S/c1-2-14(13-6-4-3-5-7-13)15(17)16-10-12-8-9-20(18,19)11-12/h3-7,12,14H,2,8-11H2,1H3,(H,16,17)/t12-,14-/m1/s1. The van der Waals surface area contributed by atoms with E-state index in [1.54, 1.807) is 0 Å². The van der Waals surface area contributed by atoms with Crippen LogP contribution in [-0.2, 0) is 14.6 Å². The fourth-order valence-corrected chi connectivity index (χ4v) is 4.52. The predicted molar refractivity (Wildman–Crippen MR) is 79.2 cm³/mol. The van der Waals surface area contributed by atoms with Gasteiger partial charge in [-0.3, -0.25) is 4.79 Å². The first-order chi connectivity index (χ1) is 9.52. The molecule has 1 saturated heterocycles. The number of hydrogen-bond donors (Lipinski definition) is 1. The van der Waals surface area contributed by atoms with E-state index in [9.17, 15) is 13.2 Å². The van der Waals surface area contributed by atoms with Gasteiger partial charge < -0.3 is 5.32 Å². The molecule has 1 fully saturated rings. The normalized spacial score (nSPS) is 22.4. The summed E-state index contributed by atoms with van der Waals surface area (Å²) in [5, 5.41) is 2.91. The average Bonchev–Trinajstić information content (AvgIpc) is 2.78. The number of hydrogen-bond acceptors (Lipinski definition) is 3. The maximum Gasteiger partial charge on any atom is 0.227 e. The first-order valence-electron chi connectivity index (χ1n) is 7.05. The zero-order valence-corrected chi connectivity index (χ0v) is 12.5. The number of rotatable bonds is 5. The maximum atomic E-state index is 12.2. The van der Waals surface area contributed by atoms with Crippen LogP contribution in [0.4, 0.5) is 0 Å². The highest BCUT2D eigenvalue weighted by molar-refractivity contribution is 7.91. The number of carbonyl (C=O) groups excluding carboxylic acids is 1. The van der Waals surface area contributed by atoms with E-state index in [4.69, 9.17) is 0 Å². The number of carbonyl (C=O) groups is 1. The van der Waals surface area contributed by atoms with Gasteiger partial charge in [0.1, 0.15) is 0 Å². The molecular formula is C15H21NO3S. The fourth-order valence-electron chi connectivity index (χ4n) is 2.66. The third-order valence-corrected chi connectivity index (χ3v) is 5.66. The van der Waals surface area contributed by atoms with Crippen molar-refractivity contribution < 1.29 is 13.2 Å². The third-order valence-electron chi connectivity index (χ3n) is 3.82. The quantitative estimate of drug-likeness (QED) is 0.900. The summed E-state index contributed by atoms with van der Waals surface area (Å²) in [4.78, 5) is 12.2. The van der Waals surface area contributed by atoms with Gasteiger partial charge in [-0.25, -0.2) is 8.42 Å². The Morgan fingerprint density at radius 2 is 2.05 bits per heavy atom. The summed E-state index contributed by atoms with van der Waals surface area (Å²) in [5.74, 6) is 0.355. The third kappa shape index (κ3) is 3.82. The van der Waals surface area contributed by atoms with Crippen molar-refractivity contribution in [1.29, 1.82) is 0 Å². The van der Waals surface area contributed by atoms with Crippen LogP contribution >= 0.6 is 0 Å². The van der Waals surface area contributed by atoms with Gasteiger partial charge in [0.05, 0.1) is 17.4 Å². The molecule has 1 amide bonds. The zero-order chi connectivity index (χ0) is 14.6. The van der Waals surface area contributed by atoms with Gasteiger partial charge in [0.15, 0.2) is 9.84 Å². The van der Waals surface area contributed by atoms with Gasteiger partial charge in [0.2, 0.25) is 5.91 Å². The van der Waals surface area contributed by atoms with Crippen molar-refractivity contribution in [1.82, 2.24) is 5.32 Å². The fraction of sp³-hybridized carbons (Fsp3) is 0.533. The topological polar surface area (TPSA) is 63.2 Å². The van der Waals surface area contributed by atoms with Crippen molar-refractivity contribution in [3.8, 4) is 0 Å². The van der Waals surface area contributed by atoms with Crippen LogP contribution in [0.3, 0.4) is 0 Å². The molecule has 0 radical (unpaired) electrons. The van der Waals surface area contributed by atoms with Crippen molar-refractivity contribution in [2.75, 3.05) is 18.1 Å². The number of benzene rings is 1. The molecule has 1 aliphatic heterocycles. The van der Waals surface area contributed by atoms with E-state index in [-0.39, 0.29) is 29.2 Å². The summed E-state index contributed by atoms with van der Waals surface area (Å²) in [6.07, 6.45) is 1.39. The lowest BCUT2D eigenvalue weighted by Gasteiger charge is -2.17. The van der Waals surface area contributed by atoms with Crippen molar-refractivity contribution in [3.05, 3.63) is 35.9 Å². The molecule has 0 aromatic heterocycles. The molecular weight excluding hydrogens is 274 g/mol. The van der Waals surface area contributed by atoms with Crippen LogP contribution in [-0.4, -0.2) is 32.4 Å². The highest BCUT2D eigenvalue weighted by Gasteiger charge is 2.28. The van der Waals surface area contributed by atoms with E-state index in [0.29, 0.717) is 13.0 Å². The van der Waals surface area contributed by atoms with Crippen LogP contribution in [0.5, 0.6) is 0 Å². The van der Waals surface area contributed by atoms with E-state index in [1.807, 2.05) is 37.3 Å². The second kappa shape index (κ2) is 6.39. The molecule has 110 valence electrons. The molecule has 5 heteroatoms. The summed E-state index contributed by atoms with van der Waals surface area (Å²) in [7, 11) is -2.87. The van der Waals surface area contributed by atoms with Crippen LogP contribution in [0.2, 0.25) is 0 Å². The summed E-state index contributed by atoms with van der Waals surface area (Å²) < 4.78 is 22.8.